The third-order valence-electron chi connectivity index (χ3n) is 4.98. The van der Waals surface area contributed by atoms with Gasteiger partial charge in [-0.3, -0.25) is 0 Å². The Morgan fingerprint density at radius 2 is 1.62 bits per heavy atom. The SMILES string of the molecule is CCCCCCOc1ccc(/C=C/C(=O)Oc2ccc(C[C@H](C)CC)cc2)cc1. The van der Waals surface area contributed by atoms with E-state index in [0.29, 0.717) is 11.7 Å². The second kappa shape index (κ2) is 12.8. The second-order valence-electron chi connectivity index (χ2n) is 7.59. The zero-order chi connectivity index (χ0) is 20.9. The molecule has 0 N–H and O–H groups in total. The van der Waals surface area contributed by atoms with Gasteiger partial charge in [0.1, 0.15) is 11.5 Å². The summed E-state index contributed by atoms with van der Waals surface area (Å²) in [6.07, 6.45) is 10.2. The molecule has 0 unspecified atom stereocenters. The number of benzene rings is 2. The lowest BCUT2D eigenvalue weighted by Gasteiger charge is -2.08. The highest BCUT2D eigenvalue weighted by Crippen LogP contribution is 2.17. The predicted octanol–water partition coefficient (Wildman–Crippen LogP) is 6.85. The number of esters is 1. The third-order valence-corrected chi connectivity index (χ3v) is 4.98. The van der Waals surface area contributed by atoms with Crippen LogP contribution in [-0.4, -0.2) is 12.6 Å². The highest BCUT2D eigenvalue weighted by atomic mass is 16.5. The lowest BCUT2D eigenvalue weighted by molar-refractivity contribution is -0.128. The van der Waals surface area contributed by atoms with Crippen molar-refractivity contribution in [2.24, 2.45) is 5.92 Å². The van der Waals surface area contributed by atoms with E-state index in [9.17, 15) is 4.79 Å². The molecule has 3 heteroatoms. The highest BCUT2D eigenvalue weighted by molar-refractivity contribution is 5.88. The van der Waals surface area contributed by atoms with E-state index in [2.05, 4.69) is 20.8 Å². The molecule has 0 bridgehead atoms. The van der Waals surface area contributed by atoms with Crippen LogP contribution in [0.4, 0.5) is 0 Å². The molecule has 156 valence electrons. The van der Waals surface area contributed by atoms with Gasteiger partial charge in [0.15, 0.2) is 0 Å². The Hall–Kier alpha value is -2.55. The monoisotopic (exact) mass is 394 g/mol. The summed E-state index contributed by atoms with van der Waals surface area (Å²) in [5, 5.41) is 0. The van der Waals surface area contributed by atoms with Gasteiger partial charge < -0.3 is 9.47 Å². The first kappa shape index (κ1) is 22.7. The summed E-state index contributed by atoms with van der Waals surface area (Å²) < 4.78 is 11.1. The zero-order valence-corrected chi connectivity index (χ0v) is 18.0. The summed E-state index contributed by atoms with van der Waals surface area (Å²) in [6.45, 7) is 7.39. The van der Waals surface area contributed by atoms with Crippen LogP contribution in [0.3, 0.4) is 0 Å². The van der Waals surface area contributed by atoms with Crippen molar-refractivity contribution in [3.63, 3.8) is 0 Å². The van der Waals surface area contributed by atoms with E-state index in [4.69, 9.17) is 9.47 Å². The molecule has 0 saturated heterocycles. The number of unbranched alkanes of at least 4 members (excludes halogenated alkanes) is 3. The molecule has 0 amide bonds. The van der Waals surface area contributed by atoms with Crippen molar-refractivity contribution >= 4 is 12.0 Å². The molecule has 2 aromatic carbocycles. The first-order chi connectivity index (χ1) is 14.1. The van der Waals surface area contributed by atoms with Crippen LogP contribution < -0.4 is 9.47 Å². The number of ether oxygens (including phenoxy) is 2. The first-order valence-electron chi connectivity index (χ1n) is 10.8. The molecule has 2 rings (SSSR count). The van der Waals surface area contributed by atoms with Gasteiger partial charge in [0.2, 0.25) is 0 Å². The minimum absolute atomic E-state index is 0.379. The Morgan fingerprint density at radius 1 is 0.931 bits per heavy atom. The quantitative estimate of drug-likeness (QED) is 0.171. The maximum atomic E-state index is 12.1. The van der Waals surface area contributed by atoms with E-state index in [-0.39, 0.29) is 5.97 Å². The maximum absolute atomic E-state index is 12.1. The van der Waals surface area contributed by atoms with E-state index in [1.807, 2.05) is 48.5 Å². The van der Waals surface area contributed by atoms with E-state index in [0.717, 1.165) is 37.2 Å². The van der Waals surface area contributed by atoms with Crippen LogP contribution >= 0.6 is 0 Å². The third kappa shape index (κ3) is 8.99. The van der Waals surface area contributed by atoms with Crippen LogP contribution in [-0.2, 0) is 11.2 Å². The number of rotatable bonds is 12. The Kier molecular flexibility index (Phi) is 10.1. The summed E-state index contributed by atoms with van der Waals surface area (Å²) in [7, 11) is 0. The van der Waals surface area contributed by atoms with Crippen molar-refractivity contribution < 1.29 is 14.3 Å². The standard InChI is InChI=1S/C26H34O3/c1-4-6-7-8-19-28-24-14-9-22(10-15-24)13-18-26(27)29-25-16-11-23(12-17-25)20-21(3)5-2/h9-18,21H,4-8,19-20H2,1-3H3/b18-13+/t21-/m1/s1. The normalized spacial score (nSPS) is 12.1. The molecule has 0 aliphatic carbocycles. The minimum Gasteiger partial charge on any atom is -0.494 e. The fourth-order valence-electron chi connectivity index (χ4n) is 2.95. The van der Waals surface area contributed by atoms with Gasteiger partial charge in [0.05, 0.1) is 6.61 Å². The van der Waals surface area contributed by atoms with Crippen LogP contribution in [0.2, 0.25) is 0 Å². The number of carbonyl (C=O) groups is 1. The zero-order valence-electron chi connectivity index (χ0n) is 18.0. The van der Waals surface area contributed by atoms with Crippen LogP contribution in [0.5, 0.6) is 11.5 Å². The van der Waals surface area contributed by atoms with Gasteiger partial charge in [-0.25, -0.2) is 4.79 Å². The molecule has 2 aromatic rings. The van der Waals surface area contributed by atoms with Crippen LogP contribution in [0.1, 0.15) is 64.0 Å². The fourth-order valence-corrected chi connectivity index (χ4v) is 2.95. The summed E-state index contributed by atoms with van der Waals surface area (Å²) in [4.78, 5) is 12.1. The van der Waals surface area contributed by atoms with E-state index >= 15 is 0 Å². The topological polar surface area (TPSA) is 35.5 Å². The molecule has 0 radical (unpaired) electrons. The molecule has 0 aromatic heterocycles. The van der Waals surface area contributed by atoms with Gasteiger partial charge in [-0.2, -0.15) is 0 Å². The summed E-state index contributed by atoms with van der Waals surface area (Å²) in [5.74, 6) is 1.71. The number of hydrogen-bond acceptors (Lipinski definition) is 3. The average molecular weight is 395 g/mol. The largest absolute Gasteiger partial charge is 0.494 e. The summed E-state index contributed by atoms with van der Waals surface area (Å²) in [5.41, 5.74) is 2.20. The van der Waals surface area contributed by atoms with Gasteiger partial charge in [-0.15, -0.1) is 0 Å². The summed E-state index contributed by atoms with van der Waals surface area (Å²) in [6, 6.07) is 15.5. The fraction of sp³-hybridized carbons (Fsp3) is 0.423. The lowest BCUT2D eigenvalue weighted by Crippen LogP contribution is -2.04. The molecule has 0 aliphatic rings. The second-order valence-corrected chi connectivity index (χ2v) is 7.59. The average Bonchev–Trinajstić information content (AvgIpc) is 2.74. The van der Waals surface area contributed by atoms with Gasteiger partial charge in [-0.1, -0.05) is 70.7 Å². The number of carbonyl (C=O) groups excluding carboxylic acids is 1. The van der Waals surface area contributed by atoms with Crippen molar-refractivity contribution in [2.75, 3.05) is 6.61 Å². The first-order valence-corrected chi connectivity index (χ1v) is 10.8. The smallest absolute Gasteiger partial charge is 0.336 e. The molecule has 3 nitrogen and oxygen atoms in total. The van der Waals surface area contributed by atoms with Crippen LogP contribution in [0.25, 0.3) is 6.08 Å². The minimum atomic E-state index is -0.379. The van der Waals surface area contributed by atoms with Crippen LogP contribution in [0, 0.1) is 5.92 Å². The molecule has 0 heterocycles. The molecule has 1 atom stereocenters. The van der Waals surface area contributed by atoms with Crippen molar-refractivity contribution in [1.29, 1.82) is 0 Å². The van der Waals surface area contributed by atoms with Gasteiger partial charge in [0.25, 0.3) is 0 Å². The molecule has 0 fully saturated rings. The molecule has 0 saturated carbocycles. The Morgan fingerprint density at radius 3 is 2.28 bits per heavy atom. The summed E-state index contributed by atoms with van der Waals surface area (Å²) >= 11 is 0. The van der Waals surface area contributed by atoms with E-state index in [1.165, 1.54) is 30.9 Å². The maximum Gasteiger partial charge on any atom is 0.336 e. The molecule has 0 spiro atoms. The predicted molar refractivity (Wildman–Crippen MR) is 120 cm³/mol. The van der Waals surface area contributed by atoms with Crippen molar-refractivity contribution in [2.45, 2.75) is 59.3 Å². The lowest BCUT2D eigenvalue weighted by atomic mass is 9.99. The Labute approximate surface area is 175 Å². The van der Waals surface area contributed by atoms with Gasteiger partial charge >= 0.3 is 5.97 Å². The van der Waals surface area contributed by atoms with Crippen molar-refractivity contribution in [1.82, 2.24) is 0 Å². The van der Waals surface area contributed by atoms with Crippen molar-refractivity contribution in [3.8, 4) is 11.5 Å². The molecular formula is C26H34O3. The molecular weight excluding hydrogens is 360 g/mol. The highest BCUT2D eigenvalue weighted by Gasteiger charge is 2.04. The molecule has 29 heavy (non-hydrogen) atoms. The van der Waals surface area contributed by atoms with Crippen molar-refractivity contribution in [3.05, 3.63) is 65.7 Å². The number of hydrogen-bond donors (Lipinski definition) is 0. The Bertz CT molecular complexity index is 745. The van der Waals surface area contributed by atoms with Gasteiger partial charge in [0, 0.05) is 6.08 Å². The Balaban J connectivity index is 1.78. The van der Waals surface area contributed by atoms with Crippen LogP contribution in [0.15, 0.2) is 54.6 Å². The van der Waals surface area contributed by atoms with E-state index < -0.39 is 0 Å². The van der Waals surface area contributed by atoms with Gasteiger partial charge in [-0.05, 0) is 60.2 Å². The van der Waals surface area contributed by atoms with E-state index in [1.54, 1.807) is 6.08 Å². The molecule has 0 aliphatic heterocycles.